The van der Waals surface area contributed by atoms with Crippen LogP contribution in [-0.2, 0) is 6.42 Å². The molecule has 0 aromatic heterocycles. The second-order valence-electron chi connectivity index (χ2n) is 3.13. The zero-order valence-electron chi connectivity index (χ0n) is 7.14. The molecule has 1 aromatic carbocycles. The van der Waals surface area contributed by atoms with Crippen molar-refractivity contribution in [3.8, 4) is 0 Å². The zero-order chi connectivity index (χ0) is 9.26. The standard InChI is InChI=1S/C10H10ClNO/c11-9-5-1-3-8-7(9)4-2-6-12-10(8)13/h1,3,5H,2,4,6H2,(H,12,13). The molecule has 0 aliphatic carbocycles. The highest BCUT2D eigenvalue weighted by atomic mass is 35.5. The fourth-order valence-corrected chi connectivity index (χ4v) is 1.86. The molecule has 68 valence electrons. The summed E-state index contributed by atoms with van der Waals surface area (Å²) in [6, 6.07) is 5.47. The van der Waals surface area contributed by atoms with Gasteiger partial charge in [-0.15, -0.1) is 0 Å². The van der Waals surface area contributed by atoms with Gasteiger partial charge in [-0.05, 0) is 30.5 Å². The average Bonchev–Trinajstić information content (AvgIpc) is 2.30. The van der Waals surface area contributed by atoms with Crippen LogP contribution in [0.15, 0.2) is 18.2 Å². The normalized spacial score (nSPS) is 15.9. The number of rotatable bonds is 0. The van der Waals surface area contributed by atoms with E-state index in [1.54, 1.807) is 0 Å². The Bertz CT molecular complexity index is 349. The third-order valence-corrected chi connectivity index (χ3v) is 2.61. The molecule has 2 rings (SSSR count). The van der Waals surface area contributed by atoms with Crippen molar-refractivity contribution in [2.75, 3.05) is 6.54 Å². The topological polar surface area (TPSA) is 29.1 Å². The van der Waals surface area contributed by atoms with Gasteiger partial charge in [0.05, 0.1) is 0 Å². The van der Waals surface area contributed by atoms with Crippen LogP contribution in [0, 0.1) is 0 Å². The van der Waals surface area contributed by atoms with Crippen LogP contribution >= 0.6 is 11.6 Å². The number of carbonyl (C=O) groups excluding carboxylic acids is 1. The van der Waals surface area contributed by atoms with E-state index in [0.29, 0.717) is 5.02 Å². The van der Waals surface area contributed by atoms with Crippen molar-refractivity contribution in [1.29, 1.82) is 0 Å². The van der Waals surface area contributed by atoms with Gasteiger partial charge in [0, 0.05) is 17.1 Å². The van der Waals surface area contributed by atoms with Crippen LogP contribution in [0.3, 0.4) is 0 Å². The molecule has 1 aliphatic rings. The molecule has 1 aliphatic heterocycles. The van der Waals surface area contributed by atoms with Crippen LogP contribution in [0.2, 0.25) is 5.02 Å². The number of hydrogen-bond acceptors (Lipinski definition) is 1. The summed E-state index contributed by atoms with van der Waals surface area (Å²) in [7, 11) is 0. The van der Waals surface area contributed by atoms with Crippen LogP contribution in [0.5, 0.6) is 0 Å². The molecule has 1 heterocycles. The number of amides is 1. The molecule has 0 bridgehead atoms. The Kier molecular flexibility index (Phi) is 2.23. The van der Waals surface area contributed by atoms with Gasteiger partial charge >= 0.3 is 0 Å². The number of benzene rings is 1. The smallest absolute Gasteiger partial charge is 0.251 e. The first kappa shape index (κ1) is 8.57. The summed E-state index contributed by atoms with van der Waals surface area (Å²) in [4.78, 5) is 11.5. The van der Waals surface area contributed by atoms with Gasteiger partial charge in [-0.2, -0.15) is 0 Å². The molecule has 3 heteroatoms. The predicted molar refractivity (Wildman–Crippen MR) is 52.1 cm³/mol. The summed E-state index contributed by atoms with van der Waals surface area (Å²) in [5.74, 6) is -0.00463. The Morgan fingerprint density at radius 3 is 3.08 bits per heavy atom. The van der Waals surface area contributed by atoms with Crippen molar-refractivity contribution in [3.63, 3.8) is 0 Å². The fourth-order valence-electron chi connectivity index (χ4n) is 1.59. The molecule has 0 unspecified atom stereocenters. The van der Waals surface area contributed by atoms with Crippen LogP contribution < -0.4 is 5.32 Å². The molecule has 0 fully saturated rings. The molecule has 0 saturated heterocycles. The highest BCUT2D eigenvalue weighted by Gasteiger charge is 2.16. The Morgan fingerprint density at radius 1 is 1.38 bits per heavy atom. The highest BCUT2D eigenvalue weighted by Crippen LogP contribution is 2.22. The Hall–Kier alpha value is -1.02. The highest BCUT2D eigenvalue weighted by molar-refractivity contribution is 6.31. The van der Waals surface area contributed by atoms with Gasteiger partial charge in [0.2, 0.25) is 0 Å². The Balaban J connectivity index is 2.54. The first-order chi connectivity index (χ1) is 6.29. The zero-order valence-corrected chi connectivity index (χ0v) is 7.90. The van der Waals surface area contributed by atoms with Crippen molar-refractivity contribution in [3.05, 3.63) is 34.3 Å². The summed E-state index contributed by atoms with van der Waals surface area (Å²) in [5, 5.41) is 3.53. The quantitative estimate of drug-likeness (QED) is 0.674. The second-order valence-corrected chi connectivity index (χ2v) is 3.53. The van der Waals surface area contributed by atoms with Crippen molar-refractivity contribution in [1.82, 2.24) is 5.32 Å². The minimum absolute atomic E-state index is 0.00463. The number of nitrogens with one attached hydrogen (secondary N) is 1. The summed E-state index contributed by atoms with van der Waals surface area (Å²) in [6.07, 6.45) is 1.84. The van der Waals surface area contributed by atoms with Gasteiger partial charge in [0.1, 0.15) is 0 Å². The van der Waals surface area contributed by atoms with Gasteiger partial charge in [-0.3, -0.25) is 4.79 Å². The van der Waals surface area contributed by atoms with Crippen molar-refractivity contribution < 1.29 is 4.79 Å². The lowest BCUT2D eigenvalue weighted by Gasteiger charge is -2.04. The fraction of sp³-hybridized carbons (Fsp3) is 0.300. The molecule has 1 aromatic rings. The maximum absolute atomic E-state index is 11.5. The molecule has 0 radical (unpaired) electrons. The average molecular weight is 196 g/mol. The molecule has 1 amide bonds. The van der Waals surface area contributed by atoms with Gasteiger partial charge in [0.15, 0.2) is 0 Å². The van der Waals surface area contributed by atoms with Gasteiger partial charge in [-0.25, -0.2) is 0 Å². The van der Waals surface area contributed by atoms with Gasteiger partial charge in [-0.1, -0.05) is 17.7 Å². The van der Waals surface area contributed by atoms with Crippen molar-refractivity contribution in [2.24, 2.45) is 0 Å². The molecule has 1 N–H and O–H groups in total. The van der Waals surface area contributed by atoms with E-state index < -0.39 is 0 Å². The number of halogens is 1. The maximum atomic E-state index is 11.5. The van der Waals surface area contributed by atoms with Crippen LogP contribution in [0.4, 0.5) is 0 Å². The second kappa shape index (κ2) is 3.38. The summed E-state index contributed by atoms with van der Waals surface area (Å²) in [6.45, 7) is 0.740. The molecule has 0 saturated carbocycles. The van der Waals surface area contributed by atoms with E-state index in [1.165, 1.54) is 0 Å². The van der Waals surface area contributed by atoms with Crippen molar-refractivity contribution in [2.45, 2.75) is 12.8 Å². The molecule has 13 heavy (non-hydrogen) atoms. The molecular weight excluding hydrogens is 186 g/mol. The van der Waals surface area contributed by atoms with Gasteiger partial charge in [0.25, 0.3) is 5.91 Å². The van der Waals surface area contributed by atoms with Crippen LogP contribution in [-0.4, -0.2) is 12.5 Å². The van der Waals surface area contributed by atoms with E-state index in [-0.39, 0.29) is 5.91 Å². The Morgan fingerprint density at radius 2 is 2.23 bits per heavy atom. The largest absolute Gasteiger partial charge is 0.352 e. The van der Waals surface area contributed by atoms with Crippen LogP contribution in [0.25, 0.3) is 0 Å². The van der Waals surface area contributed by atoms with E-state index in [1.807, 2.05) is 18.2 Å². The molecular formula is C10H10ClNO. The van der Waals surface area contributed by atoms with E-state index in [2.05, 4.69) is 5.32 Å². The van der Waals surface area contributed by atoms with E-state index >= 15 is 0 Å². The lowest BCUT2D eigenvalue weighted by atomic mass is 10.0. The SMILES string of the molecule is O=C1NCCCc2c(Cl)cccc21. The van der Waals surface area contributed by atoms with E-state index in [4.69, 9.17) is 11.6 Å². The van der Waals surface area contributed by atoms with Gasteiger partial charge < -0.3 is 5.32 Å². The third-order valence-electron chi connectivity index (χ3n) is 2.25. The number of hydrogen-bond donors (Lipinski definition) is 1. The van der Waals surface area contributed by atoms with Crippen LogP contribution in [0.1, 0.15) is 22.3 Å². The predicted octanol–water partition coefficient (Wildman–Crippen LogP) is 2.02. The number of fused-ring (bicyclic) bond motifs is 1. The molecule has 2 nitrogen and oxygen atoms in total. The lowest BCUT2D eigenvalue weighted by Crippen LogP contribution is -2.22. The maximum Gasteiger partial charge on any atom is 0.251 e. The van der Waals surface area contributed by atoms with E-state index in [0.717, 1.165) is 30.5 Å². The third kappa shape index (κ3) is 1.54. The van der Waals surface area contributed by atoms with Crippen molar-refractivity contribution >= 4 is 17.5 Å². The summed E-state index contributed by atoms with van der Waals surface area (Å²) < 4.78 is 0. The minimum Gasteiger partial charge on any atom is -0.352 e. The summed E-state index contributed by atoms with van der Waals surface area (Å²) >= 11 is 6.00. The summed E-state index contributed by atoms with van der Waals surface area (Å²) in [5.41, 5.74) is 1.71. The monoisotopic (exact) mass is 195 g/mol. The minimum atomic E-state index is -0.00463. The number of carbonyl (C=O) groups is 1. The molecule has 0 spiro atoms. The first-order valence-corrected chi connectivity index (χ1v) is 4.72. The first-order valence-electron chi connectivity index (χ1n) is 4.34. The Labute approximate surface area is 81.9 Å². The molecule has 0 atom stereocenters. The van der Waals surface area contributed by atoms with E-state index in [9.17, 15) is 4.79 Å². The lowest BCUT2D eigenvalue weighted by molar-refractivity contribution is 0.0956.